The number of amides is 2. The average molecular weight is 1150 g/mol. The number of aryl methyl sites for hydroxylation is 1. The molecule has 4 aromatic heterocycles. The molecule has 426 valence electrons. The highest BCUT2D eigenvalue weighted by Gasteiger charge is 2.50. The lowest BCUT2D eigenvalue weighted by molar-refractivity contribution is -0.143. The molecule has 8 atom stereocenters. The molecule has 4 aromatic carbocycles. The number of nitrogens with zero attached hydrogens (tertiary/aromatic N) is 9. The minimum Gasteiger partial charge on any atom is -0.489 e. The highest BCUT2D eigenvalue weighted by atomic mass is 35.5. The molecule has 23 heteroatoms. The van der Waals surface area contributed by atoms with E-state index in [1.807, 2.05) is 69.3 Å². The number of hydrogen-bond donors (Lipinski definition) is 5. The lowest BCUT2D eigenvalue weighted by Gasteiger charge is -2.35. The predicted molar refractivity (Wildman–Crippen MR) is 305 cm³/mol. The average Bonchev–Trinajstić information content (AvgIpc) is 3.57. The van der Waals surface area contributed by atoms with Gasteiger partial charge >= 0.3 is 6.01 Å². The second-order valence-corrected chi connectivity index (χ2v) is 23.7. The summed E-state index contributed by atoms with van der Waals surface area (Å²) in [6, 6.07) is 14.4. The Labute approximate surface area is 480 Å². The van der Waals surface area contributed by atoms with Gasteiger partial charge in [0.1, 0.15) is 54.2 Å². The SMILES string of the molecule is Cc1ncsc1-c1ccc([C@H](NC(=O)[C@@H]2C[C@@H](O)CN2C(=O)[C@H](C(C)C)n2cc(-c3ccc(COc4c(-c5c(C)c(F)cc6[nH]ncc56)c(Cl)c5c6c(nc(OC7CCOCC7)nc46)N4[C@@H]6CN[C@@H](C6)[C@H]4CO5)cc3)nn2)[C@H](C)O)cc1. The summed E-state index contributed by atoms with van der Waals surface area (Å²) >= 11 is 9.17. The number of benzene rings is 4. The number of carbonyl (C=O) groups is 2. The van der Waals surface area contributed by atoms with Gasteiger partial charge in [0.25, 0.3) is 0 Å². The number of carbonyl (C=O) groups excluding carboxylic acids is 2. The van der Waals surface area contributed by atoms with E-state index in [4.69, 9.17) is 40.5 Å². The van der Waals surface area contributed by atoms with E-state index < -0.39 is 48.0 Å². The van der Waals surface area contributed by atoms with Crippen molar-refractivity contribution in [2.24, 2.45) is 5.92 Å². The summed E-state index contributed by atoms with van der Waals surface area (Å²) in [4.78, 5) is 48.2. The smallest absolute Gasteiger partial charge is 0.319 e. The highest BCUT2D eigenvalue weighted by molar-refractivity contribution is 7.13. The van der Waals surface area contributed by atoms with Crippen molar-refractivity contribution in [1.82, 2.24) is 55.7 Å². The molecule has 4 saturated heterocycles. The topological polar surface area (TPSA) is 240 Å². The Balaban J connectivity index is 0.788. The van der Waals surface area contributed by atoms with Gasteiger partial charge in [-0.05, 0) is 61.4 Å². The standard InChI is InChI=1S/C59H62ClFN12O8S/c1-28(2)52(58(77)71-23-37(75)19-44(71)57(76)65-50(31(5)74)34-10-12-35(13-11-34)55-30(4)63-27-82-55)72-24-43(69-70-72)33-8-6-32(7-9-33)25-79-54-47(46-29(3)40(61)20-41-39(46)22-64-68-41)49(60)53-48-51(54)66-59(81-38-14-16-78-17-15-38)67-56(48)73-36-18-42(62-21-36)45(73)26-80-53/h6-13,20,22,24,27-28,31,36-38,42,44-45,50,52,62,74-75H,14-19,21,23,25-26H2,1-5H3,(H,64,68)(H,65,76)/t31-,36-,37+,42-,44-,45+,50+,52-/m0/s1. The molecule has 0 unspecified atom stereocenters. The minimum absolute atomic E-state index is 0.0265. The molecule has 2 amide bonds. The van der Waals surface area contributed by atoms with Crippen LogP contribution in [0.4, 0.5) is 10.2 Å². The number of nitrogens with one attached hydrogen (secondary N) is 3. The first kappa shape index (κ1) is 53.9. The van der Waals surface area contributed by atoms with Crippen LogP contribution in [0, 0.1) is 25.6 Å². The number of aromatic nitrogens is 8. The molecule has 2 bridgehead atoms. The first-order valence-electron chi connectivity index (χ1n) is 27.9. The molecule has 8 aromatic rings. The quantitative estimate of drug-likeness (QED) is 0.0658. The molecule has 5 aliphatic heterocycles. The van der Waals surface area contributed by atoms with Crippen molar-refractivity contribution in [2.45, 2.75) is 121 Å². The van der Waals surface area contributed by atoms with E-state index >= 15 is 4.39 Å². The zero-order valence-electron chi connectivity index (χ0n) is 45.8. The normalized spacial score (nSPS) is 21.7. The van der Waals surface area contributed by atoms with E-state index in [2.05, 4.69) is 41.0 Å². The van der Waals surface area contributed by atoms with E-state index in [0.29, 0.717) is 105 Å². The summed E-state index contributed by atoms with van der Waals surface area (Å²) in [5.41, 5.74) is 8.44. The molecule has 82 heavy (non-hydrogen) atoms. The number of aliphatic hydroxyl groups is 2. The number of likely N-dealkylation sites (tertiary alicyclic amines) is 1. The van der Waals surface area contributed by atoms with Crippen LogP contribution in [0.25, 0.3) is 54.6 Å². The third-order valence-corrected chi connectivity index (χ3v) is 18.2. The van der Waals surface area contributed by atoms with E-state index in [9.17, 15) is 19.8 Å². The maximum absolute atomic E-state index is 16.1. The maximum atomic E-state index is 16.1. The van der Waals surface area contributed by atoms with Gasteiger partial charge in [-0.1, -0.05) is 79.2 Å². The number of aliphatic hydroxyl groups excluding tert-OH is 2. The molecule has 9 heterocycles. The van der Waals surface area contributed by atoms with E-state index in [1.54, 1.807) is 31.8 Å². The maximum Gasteiger partial charge on any atom is 0.319 e. The van der Waals surface area contributed by atoms with Gasteiger partial charge in [-0.3, -0.25) is 14.7 Å². The Morgan fingerprint density at radius 3 is 2.55 bits per heavy atom. The molecule has 5 aliphatic rings. The van der Waals surface area contributed by atoms with Crippen LogP contribution in [-0.4, -0.2) is 142 Å². The predicted octanol–water partition coefficient (Wildman–Crippen LogP) is 7.81. The Bertz CT molecular complexity index is 3740. The van der Waals surface area contributed by atoms with Crippen molar-refractivity contribution >= 4 is 62.4 Å². The van der Waals surface area contributed by atoms with Crippen LogP contribution in [0.2, 0.25) is 5.02 Å². The summed E-state index contributed by atoms with van der Waals surface area (Å²) in [7, 11) is 0. The largest absolute Gasteiger partial charge is 0.489 e. The highest BCUT2D eigenvalue weighted by Crippen LogP contribution is 2.55. The fourth-order valence-corrected chi connectivity index (χ4v) is 13.8. The molecule has 0 saturated carbocycles. The number of ether oxygens (including phenoxy) is 4. The van der Waals surface area contributed by atoms with E-state index in [-0.39, 0.29) is 60.8 Å². The second kappa shape index (κ2) is 21.8. The molecule has 4 fully saturated rings. The zero-order valence-corrected chi connectivity index (χ0v) is 47.4. The first-order chi connectivity index (χ1) is 39.7. The Morgan fingerprint density at radius 1 is 1.02 bits per heavy atom. The number of H-pyrrole nitrogens is 1. The minimum atomic E-state index is -1.00. The summed E-state index contributed by atoms with van der Waals surface area (Å²) < 4.78 is 43.6. The van der Waals surface area contributed by atoms with Crippen LogP contribution in [0.3, 0.4) is 0 Å². The number of hydrogen-bond acceptors (Lipinski definition) is 17. The molecule has 20 nitrogen and oxygen atoms in total. The van der Waals surface area contributed by atoms with Crippen LogP contribution in [0.1, 0.15) is 80.9 Å². The van der Waals surface area contributed by atoms with Gasteiger partial charge in [-0.25, -0.2) is 14.1 Å². The summed E-state index contributed by atoms with van der Waals surface area (Å²) in [5.74, 6) is -0.320. The van der Waals surface area contributed by atoms with Crippen molar-refractivity contribution in [2.75, 3.05) is 37.8 Å². The van der Waals surface area contributed by atoms with Gasteiger partial charge in [-0.2, -0.15) is 15.1 Å². The number of anilines is 1. The molecule has 0 spiro atoms. The van der Waals surface area contributed by atoms with Gasteiger partial charge < -0.3 is 49.6 Å². The summed E-state index contributed by atoms with van der Waals surface area (Å²) in [5, 5.41) is 46.1. The van der Waals surface area contributed by atoms with E-state index in [1.165, 1.54) is 27.0 Å². The number of rotatable bonds is 15. The van der Waals surface area contributed by atoms with Gasteiger partial charge in [0.15, 0.2) is 11.5 Å². The Hall–Kier alpha value is -7.34. The number of fused-ring (bicyclic) bond motifs is 7. The van der Waals surface area contributed by atoms with Crippen LogP contribution in [0.5, 0.6) is 17.5 Å². The van der Waals surface area contributed by atoms with Crippen LogP contribution in [0.15, 0.2) is 72.5 Å². The lowest BCUT2D eigenvalue weighted by atomic mass is 9.93. The zero-order chi connectivity index (χ0) is 56.7. The Morgan fingerprint density at radius 2 is 1.80 bits per heavy atom. The van der Waals surface area contributed by atoms with Crippen molar-refractivity contribution in [3.8, 4) is 50.3 Å². The molecule has 5 N–H and O–H groups in total. The third kappa shape index (κ3) is 9.65. The molecule has 0 aliphatic carbocycles. The van der Waals surface area contributed by atoms with Crippen LogP contribution < -0.4 is 29.7 Å². The first-order valence-corrected chi connectivity index (χ1v) is 29.1. The third-order valence-electron chi connectivity index (χ3n) is 16.8. The molecule has 13 rings (SSSR count). The van der Waals surface area contributed by atoms with Gasteiger partial charge in [0.2, 0.25) is 11.8 Å². The van der Waals surface area contributed by atoms with Crippen LogP contribution in [-0.2, 0) is 20.9 Å². The fraction of sp³-hybridized carbons (Fsp3) is 0.424. The molecule has 0 radical (unpaired) electrons. The van der Waals surface area contributed by atoms with Crippen molar-refractivity contribution in [3.63, 3.8) is 0 Å². The summed E-state index contributed by atoms with van der Waals surface area (Å²) in [6.07, 6.45) is 3.57. The van der Waals surface area contributed by atoms with Gasteiger partial charge in [0, 0.05) is 66.5 Å². The van der Waals surface area contributed by atoms with Crippen molar-refractivity contribution in [3.05, 3.63) is 106 Å². The van der Waals surface area contributed by atoms with Gasteiger partial charge in [0.05, 0.1) is 81.9 Å². The van der Waals surface area contributed by atoms with Crippen molar-refractivity contribution in [1.29, 1.82) is 0 Å². The lowest BCUT2D eigenvalue weighted by Crippen LogP contribution is -2.53. The number of aromatic amines is 1. The molecular weight excluding hydrogens is 1090 g/mol. The number of halogens is 2. The summed E-state index contributed by atoms with van der Waals surface area (Å²) in [6.45, 7) is 11.2. The number of thiazole rings is 1. The Kier molecular flexibility index (Phi) is 14.3. The van der Waals surface area contributed by atoms with Crippen molar-refractivity contribution < 1.29 is 43.1 Å². The monoisotopic (exact) mass is 1150 g/mol. The number of β-amino-alcohol motifs (C(OH)–C–C–N with tert-alkyl or cyclic N) is 1. The fourth-order valence-electron chi connectivity index (χ4n) is 12.6. The van der Waals surface area contributed by atoms with E-state index in [0.717, 1.165) is 34.7 Å². The van der Waals surface area contributed by atoms with Crippen LogP contribution >= 0.6 is 22.9 Å². The second-order valence-electron chi connectivity index (χ2n) is 22.5. The molecular formula is C59H62ClFN12O8S. The number of piperazine rings is 1. The van der Waals surface area contributed by atoms with Gasteiger partial charge in [-0.15, -0.1) is 16.4 Å².